The average Bonchev–Trinajstić information content (AvgIpc) is 2.26. The molecule has 1 aromatic carbocycles. The molecule has 0 spiro atoms. The molecule has 0 saturated carbocycles. The van der Waals surface area contributed by atoms with Gasteiger partial charge in [0.2, 0.25) is 0 Å². The highest BCUT2D eigenvalue weighted by Gasteiger charge is 2.22. The molecule has 1 fully saturated rings. The zero-order chi connectivity index (χ0) is 11.4. The van der Waals surface area contributed by atoms with Crippen LogP contribution in [0.25, 0.3) is 0 Å². The number of nitrogens with one attached hydrogen (secondary N) is 1. The van der Waals surface area contributed by atoms with Gasteiger partial charge in [0.1, 0.15) is 0 Å². The molecule has 88 valence electrons. The van der Waals surface area contributed by atoms with E-state index in [4.69, 9.17) is 0 Å². The molecule has 1 aromatic rings. The van der Waals surface area contributed by atoms with Crippen LogP contribution < -0.4 is 5.32 Å². The smallest absolute Gasteiger partial charge is 0.0348 e. The van der Waals surface area contributed by atoms with Gasteiger partial charge in [0.05, 0.1) is 0 Å². The minimum absolute atomic E-state index is 0.746. The largest absolute Gasteiger partial charge is 0.314 e. The average molecular weight is 218 g/mol. The Morgan fingerprint density at radius 1 is 1.12 bits per heavy atom. The van der Waals surface area contributed by atoms with Crippen molar-refractivity contribution in [2.45, 2.75) is 32.9 Å². The lowest BCUT2D eigenvalue weighted by atomic mass is 10.1. The van der Waals surface area contributed by atoms with E-state index in [1.54, 1.807) is 0 Å². The Labute approximate surface area is 98.7 Å². The fourth-order valence-corrected chi connectivity index (χ4v) is 2.15. The third kappa shape index (κ3) is 2.63. The number of likely N-dealkylation sites (N-methyl/N-ethyl adjacent to an activating group) is 1. The quantitative estimate of drug-likeness (QED) is 0.813. The highest BCUT2D eigenvalue weighted by atomic mass is 15.2. The van der Waals surface area contributed by atoms with Gasteiger partial charge in [-0.15, -0.1) is 0 Å². The van der Waals surface area contributed by atoms with E-state index in [-0.39, 0.29) is 0 Å². The van der Waals surface area contributed by atoms with Crippen molar-refractivity contribution in [3.05, 3.63) is 35.4 Å². The van der Waals surface area contributed by atoms with Crippen LogP contribution in [0.3, 0.4) is 0 Å². The Bertz CT molecular complexity index is 314. The van der Waals surface area contributed by atoms with Gasteiger partial charge in [0, 0.05) is 25.7 Å². The second-order valence-electron chi connectivity index (χ2n) is 4.55. The molecule has 2 nitrogen and oxygen atoms in total. The monoisotopic (exact) mass is 218 g/mol. The van der Waals surface area contributed by atoms with Crippen molar-refractivity contribution in [3.8, 4) is 0 Å². The van der Waals surface area contributed by atoms with Crippen molar-refractivity contribution in [2.75, 3.05) is 19.6 Å². The van der Waals surface area contributed by atoms with E-state index in [0.29, 0.717) is 0 Å². The standard InChI is InChI=1S/C14H22N2/c1-3-12-5-7-13(8-6-12)11-16(4-2)14-9-15-10-14/h5-8,14-15H,3-4,9-11H2,1-2H3. The zero-order valence-electron chi connectivity index (χ0n) is 10.4. The molecule has 1 saturated heterocycles. The van der Waals surface area contributed by atoms with Crippen LogP contribution in [-0.4, -0.2) is 30.6 Å². The van der Waals surface area contributed by atoms with Crippen molar-refractivity contribution < 1.29 is 0 Å². The third-order valence-electron chi connectivity index (χ3n) is 3.50. The number of aryl methyl sites for hydroxylation is 1. The molecule has 0 aliphatic carbocycles. The van der Waals surface area contributed by atoms with E-state index >= 15 is 0 Å². The minimum Gasteiger partial charge on any atom is -0.314 e. The highest BCUT2D eigenvalue weighted by molar-refractivity contribution is 5.22. The van der Waals surface area contributed by atoms with Crippen molar-refractivity contribution in [1.82, 2.24) is 10.2 Å². The fraction of sp³-hybridized carbons (Fsp3) is 0.571. The Hall–Kier alpha value is -0.860. The Morgan fingerprint density at radius 2 is 1.75 bits per heavy atom. The summed E-state index contributed by atoms with van der Waals surface area (Å²) in [5, 5.41) is 3.34. The van der Waals surface area contributed by atoms with Crippen molar-refractivity contribution in [3.63, 3.8) is 0 Å². The van der Waals surface area contributed by atoms with Crippen molar-refractivity contribution in [1.29, 1.82) is 0 Å². The van der Waals surface area contributed by atoms with E-state index in [0.717, 1.165) is 38.6 Å². The predicted octanol–water partition coefficient (Wildman–Crippen LogP) is 2.04. The Morgan fingerprint density at radius 3 is 2.19 bits per heavy atom. The number of hydrogen-bond donors (Lipinski definition) is 1. The van der Waals surface area contributed by atoms with Gasteiger partial charge < -0.3 is 5.32 Å². The first-order valence-electron chi connectivity index (χ1n) is 6.36. The molecule has 2 heteroatoms. The maximum absolute atomic E-state index is 3.34. The van der Waals surface area contributed by atoms with Crippen LogP contribution in [0.5, 0.6) is 0 Å². The second-order valence-corrected chi connectivity index (χ2v) is 4.55. The first-order valence-corrected chi connectivity index (χ1v) is 6.36. The minimum atomic E-state index is 0.746. The maximum Gasteiger partial charge on any atom is 0.0348 e. The fourth-order valence-electron chi connectivity index (χ4n) is 2.15. The van der Waals surface area contributed by atoms with Crippen LogP contribution >= 0.6 is 0 Å². The SMILES string of the molecule is CCc1ccc(CN(CC)C2CNC2)cc1. The van der Waals surface area contributed by atoms with Gasteiger partial charge in [0.15, 0.2) is 0 Å². The summed E-state index contributed by atoms with van der Waals surface area (Å²) in [5.41, 5.74) is 2.86. The highest BCUT2D eigenvalue weighted by Crippen LogP contribution is 2.12. The van der Waals surface area contributed by atoms with Crippen LogP contribution in [0, 0.1) is 0 Å². The van der Waals surface area contributed by atoms with Gasteiger partial charge in [-0.25, -0.2) is 0 Å². The summed E-state index contributed by atoms with van der Waals surface area (Å²) in [7, 11) is 0. The van der Waals surface area contributed by atoms with E-state index in [1.807, 2.05) is 0 Å². The second kappa shape index (κ2) is 5.46. The topological polar surface area (TPSA) is 15.3 Å². The van der Waals surface area contributed by atoms with Crippen molar-refractivity contribution in [2.24, 2.45) is 0 Å². The summed E-state index contributed by atoms with van der Waals surface area (Å²) in [6.45, 7) is 8.99. The van der Waals surface area contributed by atoms with Crippen LogP contribution in [0.1, 0.15) is 25.0 Å². The first kappa shape index (κ1) is 11.6. The third-order valence-corrected chi connectivity index (χ3v) is 3.50. The number of benzene rings is 1. The van der Waals surface area contributed by atoms with Gasteiger partial charge in [-0.2, -0.15) is 0 Å². The lowest BCUT2D eigenvalue weighted by Crippen LogP contribution is -2.56. The Kier molecular flexibility index (Phi) is 3.97. The van der Waals surface area contributed by atoms with Crippen LogP contribution in [0.2, 0.25) is 0 Å². The molecule has 0 aromatic heterocycles. The molecule has 0 atom stereocenters. The molecule has 1 aliphatic rings. The molecule has 1 aliphatic heterocycles. The van der Waals surface area contributed by atoms with Crippen LogP contribution in [0.4, 0.5) is 0 Å². The van der Waals surface area contributed by atoms with Gasteiger partial charge in [-0.05, 0) is 24.1 Å². The predicted molar refractivity (Wildman–Crippen MR) is 68.6 cm³/mol. The van der Waals surface area contributed by atoms with Crippen LogP contribution in [0.15, 0.2) is 24.3 Å². The van der Waals surface area contributed by atoms with E-state index < -0.39 is 0 Å². The van der Waals surface area contributed by atoms with Gasteiger partial charge in [-0.3, -0.25) is 4.90 Å². The Balaban J connectivity index is 1.95. The van der Waals surface area contributed by atoms with Crippen molar-refractivity contribution >= 4 is 0 Å². The lowest BCUT2D eigenvalue weighted by molar-refractivity contribution is 0.145. The summed E-state index contributed by atoms with van der Waals surface area (Å²) in [6, 6.07) is 9.79. The molecule has 1 heterocycles. The molecule has 0 amide bonds. The first-order chi connectivity index (χ1) is 7.83. The molecule has 0 unspecified atom stereocenters. The number of hydrogen-bond acceptors (Lipinski definition) is 2. The van der Waals surface area contributed by atoms with E-state index in [9.17, 15) is 0 Å². The molecule has 0 radical (unpaired) electrons. The summed E-state index contributed by atoms with van der Waals surface area (Å²) >= 11 is 0. The van der Waals surface area contributed by atoms with Gasteiger partial charge in [0.25, 0.3) is 0 Å². The number of nitrogens with zero attached hydrogens (tertiary/aromatic N) is 1. The molecule has 1 N–H and O–H groups in total. The number of rotatable bonds is 5. The zero-order valence-corrected chi connectivity index (χ0v) is 10.4. The molecular weight excluding hydrogens is 196 g/mol. The van der Waals surface area contributed by atoms with Gasteiger partial charge >= 0.3 is 0 Å². The molecular formula is C14H22N2. The molecule has 2 rings (SSSR count). The molecule has 0 bridgehead atoms. The molecule has 16 heavy (non-hydrogen) atoms. The summed E-state index contributed by atoms with van der Waals surface area (Å²) in [6.07, 6.45) is 1.13. The summed E-state index contributed by atoms with van der Waals surface area (Å²) in [4.78, 5) is 2.55. The normalized spacial score (nSPS) is 16.4. The lowest BCUT2D eigenvalue weighted by Gasteiger charge is -2.37. The van der Waals surface area contributed by atoms with Crippen LogP contribution in [-0.2, 0) is 13.0 Å². The maximum atomic E-state index is 3.34. The summed E-state index contributed by atoms with van der Waals surface area (Å²) in [5.74, 6) is 0. The van der Waals surface area contributed by atoms with E-state index in [1.165, 1.54) is 11.1 Å². The summed E-state index contributed by atoms with van der Waals surface area (Å²) < 4.78 is 0. The van der Waals surface area contributed by atoms with Gasteiger partial charge in [-0.1, -0.05) is 38.1 Å². The van der Waals surface area contributed by atoms with E-state index in [2.05, 4.69) is 48.3 Å².